The van der Waals surface area contributed by atoms with Gasteiger partial charge in [0.05, 0.1) is 22.5 Å². The molecule has 3 aliphatic rings. The topological polar surface area (TPSA) is 12.5 Å². The monoisotopic (exact) mass is 691 g/mol. The number of hydrogen-bond donors (Lipinski definition) is 0. The minimum absolute atomic E-state index is 0.127. The number of hydrogen-bond acceptors (Lipinski definition) is 2. The zero-order valence-corrected chi connectivity index (χ0v) is 30.3. The summed E-state index contributed by atoms with van der Waals surface area (Å²) in [6, 6.07) is 69.0. The maximum absolute atomic E-state index is 6.79. The minimum atomic E-state index is -0.683. The predicted octanol–water partition coefficient (Wildman–Crippen LogP) is 13.6. The highest BCUT2D eigenvalue weighted by Gasteiger charge is 2.52. The maximum atomic E-state index is 6.79. The lowest BCUT2D eigenvalue weighted by Gasteiger charge is -2.49. The Hall–Kier alpha value is -6.64. The van der Waals surface area contributed by atoms with Crippen molar-refractivity contribution in [2.24, 2.45) is 0 Å². The van der Waals surface area contributed by atoms with E-state index in [0.29, 0.717) is 0 Å². The summed E-state index contributed by atoms with van der Waals surface area (Å²) >= 11 is 0. The smallest absolute Gasteiger partial charge is 0.132 e. The Balaban J connectivity index is 1.31. The summed E-state index contributed by atoms with van der Waals surface area (Å²) in [5.41, 5.74) is 17.5. The largest absolute Gasteiger partial charge is 0.457 e. The number of ether oxygens (including phenoxy) is 1. The van der Waals surface area contributed by atoms with Crippen molar-refractivity contribution in [3.05, 3.63) is 221 Å². The minimum Gasteiger partial charge on any atom is -0.457 e. The Bertz CT molecular complexity index is 2640. The second-order valence-corrected chi connectivity index (χ2v) is 15.2. The molecule has 0 N–H and O–H groups in total. The van der Waals surface area contributed by atoms with Gasteiger partial charge in [0.1, 0.15) is 11.5 Å². The molecule has 0 bridgehead atoms. The molecular weight excluding hydrogens is 655 g/mol. The number of nitrogens with zero attached hydrogens (tertiary/aromatic N) is 1. The van der Waals surface area contributed by atoms with Gasteiger partial charge in [-0.2, -0.15) is 0 Å². The van der Waals surface area contributed by atoms with Crippen molar-refractivity contribution in [2.45, 2.75) is 24.7 Å². The van der Waals surface area contributed by atoms with Crippen LogP contribution in [0, 0.1) is 0 Å². The Morgan fingerprint density at radius 2 is 0.852 bits per heavy atom. The third-order valence-corrected chi connectivity index (χ3v) is 12.1. The lowest BCUT2D eigenvalue weighted by atomic mass is 9.60. The fraction of sp³-hybridized carbons (Fsp3) is 0.0769. The summed E-state index contributed by atoms with van der Waals surface area (Å²) in [7, 11) is 0. The molecule has 0 aromatic heterocycles. The van der Waals surface area contributed by atoms with Crippen LogP contribution in [-0.4, -0.2) is 0 Å². The van der Waals surface area contributed by atoms with Gasteiger partial charge >= 0.3 is 0 Å². The van der Waals surface area contributed by atoms with Crippen LogP contribution in [-0.2, 0) is 10.8 Å². The standard InChI is InChI=1S/C52H37NO/c1-51(2)39-21-10-9-20-38(39)50-42(51)24-15-25-47(50)53-45-30-28-36(34-16-5-3-6-17-34)32-43(45)52(44-33-37(29-31-46(44)53)35-18-7-4-8-19-35)40-22-11-13-26-48(40)54-49-27-14-12-23-41(49)52/h3-33H,1-2H3. The van der Waals surface area contributed by atoms with Gasteiger partial charge in [0.15, 0.2) is 0 Å². The van der Waals surface area contributed by atoms with E-state index >= 15 is 0 Å². The van der Waals surface area contributed by atoms with Crippen molar-refractivity contribution >= 4 is 17.1 Å². The van der Waals surface area contributed by atoms with Crippen LogP contribution in [0.4, 0.5) is 17.1 Å². The summed E-state index contributed by atoms with van der Waals surface area (Å²) in [6.07, 6.45) is 0. The van der Waals surface area contributed by atoms with Gasteiger partial charge in [-0.3, -0.25) is 0 Å². The summed E-state index contributed by atoms with van der Waals surface area (Å²) in [4.78, 5) is 2.55. The zero-order chi connectivity index (χ0) is 36.0. The lowest BCUT2D eigenvalue weighted by molar-refractivity contribution is 0.434. The Morgan fingerprint density at radius 1 is 0.370 bits per heavy atom. The van der Waals surface area contributed by atoms with Gasteiger partial charge < -0.3 is 9.64 Å². The molecule has 0 saturated carbocycles. The highest BCUT2D eigenvalue weighted by Crippen LogP contribution is 2.65. The van der Waals surface area contributed by atoms with Gasteiger partial charge in [-0.15, -0.1) is 0 Å². The molecule has 2 heteroatoms. The summed E-state index contributed by atoms with van der Waals surface area (Å²) < 4.78 is 6.79. The molecule has 2 heterocycles. The molecule has 11 rings (SSSR count). The van der Waals surface area contributed by atoms with Crippen LogP contribution < -0.4 is 9.64 Å². The van der Waals surface area contributed by atoms with Gasteiger partial charge in [-0.1, -0.05) is 159 Å². The molecule has 0 atom stereocenters. The molecule has 0 unspecified atom stereocenters. The summed E-state index contributed by atoms with van der Waals surface area (Å²) in [6.45, 7) is 4.73. The summed E-state index contributed by atoms with van der Waals surface area (Å²) in [5.74, 6) is 1.76. The van der Waals surface area contributed by atoms with Gasteiger partial charge in [0.2, 0.25) is 0 Å². The molecular formula is C52H37NO. The molecule has 2 nitrogen and oxygen atoms in total. The van der Waals surface area contributed by atoms with Gasteiger partial charge in [0.25, 0.3) is 0 Å². The van der Waals surface area contributed by atoms with E-state index in [0.717, 1.165) is 34.0 Å². The number of benzene rings is 8. The highest BCUT2D eigenvalue weighted by atomic mass is 16.5. The second-order valence-electron chi connectivity index (χ2n) is 15.2. The third kappa shape index (κ3) is 4.17. The van der Waals surface area contributed by atoms with E-state index in [9.17, 15) is 0 Å². The van der Waals surface area contributed by atoms with Crippen molar-refractivity contribution in [2.75, 3.05) is 4.90 Å². The number of anilines is 3. The predicted molar refractivity (Wildman–Crippen MR) is 222 cm³/mol. The zero-order valence-electron chi connectivity index (χ0n) is 30.3. The van der Waals surface area contributed by atoms with E-state index in [-0.39, 0.29) is 5.41 Å². The molecule has 54 heavy (non-hydrogen) atoms. The second kappa shape index (κ2) is 11.4. The molecule has 256 valence electrons. The highest BCUT2D eigenvalue weighted by molar-refractivity contribution is 6.00. The van der Waals surface area contributed by atoms with Gasteiger partial charge in [-0.25, -0.2) is 0 Å². The van der Waals surface area contributed by atoms with Crippen LogP contribution >= 0.6 is 0 Å². The van der Waals surface area contributed by atoms with Crippen molar-refractivity contribution < 1.29 is 4.74 Å². The van der Waals surface area contributed by atoms with E-state index in [1.54, 1.807) is 0 Å². The molecule has 1 spiro atoms. The molecule has 8 aromatic rings. The maximum Gasteiger partial charge on any atom is 0.132 e. The third-order valence-electron chi connectivity index (χ3n) is 12.1. The molecule has 8 aromatic carbocycles. The number of fused-ring (bicyclic) bond motifs is 11. The summed E-state index contributed by atoms with van der Waals surface area (Å²) in [5, 5.41) is 0. The van der Waals surface area contributed by atoms with Crippen LogP contribution in [0.15, 0.2) is 188 Å². The molecule has 1 aliphatic carbocycles. The van der Waals surface area contributed by atoms with Crippen LogP contribution in [0.1, 0.15) is 47.2 Å². The Kier molecular flexibility index (Phi) is 6.55. The van der Waals surface area contributed by atoms with E-state index in [1.165, 1.54) is 61.3 Å². The van der Waals surface area contributed by atoms with Gasteiger partial charge in [0, 0.05) is 22.1 Å². The van der Waals surface area contributed by atoms with Crippen LogP contribution in [0.5, 0.6) is 11.5 Å². The van der Waals surface area contributed by atoms with Crippen molar-refractivity contribution in [3.63, 3.8) is 0 Å². The molecule has 0 fully saturated rings. The Morgan fingerprint density at radius 3 is 1.43 bits per heavy atom. The lowest BCUT2D eigenvalue weighted by Crippen LogP contribution is -2.40. The fourth-order valence-corrected chi connectivity index (χ4v) is 9.71. The van der Waals surface area contributed by atoms with E-state index < -0.39 is 5.41 Å². The van der Waals surface area contributed by atoms with E-state index in [1.807, 2.05) is 0 Å². The Labute approximate surface area is 316 Å². The molecule has 0 amide bonds. The first-order valence-corrected chi connectivity index (χ1v) is 18.9. The van der Waals surface area contributed by atoms with E-state index in [4.69, 9.17) is 4.74 Å². The fourth-order valence-electron chi connectivity index (χ4n) is 9.71. The SMILES string of the molecule is CC1(C)c2ccccc2-c2c(N3c4ccc(-c5ccccc5)cc4C4(c5ccccc5Oc5ccccc54)c4cc(-c5ccccc5)ccc43)cccc21. The van der Waals surface area contributed by atoms with Crippen molar-refractivity contribution in [1.82, 2.24) is 0 Å². The average molecular weight is 692 g/mol. The first-order valence-electron chi connectivity index (χ1n) is 18.9. The molecule has 0 saturated heterocycles. The van der Waals surface area contributed by atoms with Crippen LogP contribution in [0.2, 0.25) is 0 Å². The molecule has 0 radical (unpaired) electrons. The van der Waals surface area contributed by atoms with Crippen LogP contribution in [0.3, 0.4) is 0 Å². The number of rotatable bonds is 3. The van der Waals surface area contributed by atoms with Crippen LogP contribution in [0.25, 0.3) is 33.4 Å². The average Bonchev–Trinajstić information content (AvgIpc) is 3.47. The first kappa shape index (κ1) is 30.9. The normalized spacial score (nSPS) is 14.9. The van der Waals surface area contributed by atoms with Gasteiger partial charge in [-0.05, 0) is 92.5 Å². The van der Waals surface area contributed by atoms with Crippen molar-refractivity contribution in [3.8, 4) is 44.9 Å². The quantitative estimate of drug-likeness (QED) is 0.183. The first-order chi connectivity index (χ1) is 26.5. The number of para-hydroxylation sites is 2. The molecule has 2 aliphatic heterocycles. The van der Waals surface area contributed by atoms with E-state index in [2.05, 4.69) is 207 Å². The van der Waals surface area contributed by atoms with Crippen molar-refractivity contribution in [1.29, 1.82) is 0 Å².